The van der Waals surface area contributed by atoms with Gasteiger partial charge in [-0.3, -0.25) is 9.59 Å². The van der Waals surface area contributed by atoms with Crippen molar-refractivity contribution in [3.05, 3.63) is 71.3 Å². The number of hydrogen-bond donors (Lipinski definition) is 2. The Kier molecular flexibility index (Phi) is 3.31. The van der Waals surface area contributed by atoms with Crippen LogP contribution in [0.3, 0.4) is 0 Å². The molecule has 106 valence electrons. The number of carbonyl (C=O) groups is 2. The first-order chi connectivity index (χ1) is 10.1. The zero-order valence-corrected chi connectivity index (χ0v) is 11.4. The second-order valence-corrected chi connectivity index (χ2v) is 5.19. The molecule has 0 unspecified atom stereocenters. The van der Waals surface area contributed by atoms with E-state index in [2.05, 4.69) is 5.32 Å². The fourth-order valence-corrected chi connectivity index (χ4v) is 2.58. The van der Waals surface area contributed by atoms with E-state index in [-0.39, 0.29) is 13.0 Å². The fourth-order valence-electron chi connectivity index (χ4n) is 2.58. The normalized spacial score (nSPS) is 20.1. The van der Waals surface area contributed by atoms with E-state index in [4.69, 9.17) is 0 Å². The van der Waals surface area contributed by atoms with Gasteiger partial charge in [-0.15, -0.1) is 0 Å². The summed E-state index contributed by atoms with van der Waals surface area (Å²) < 4.78 is 0. The second-order valence-electron chi connectivity index (χ2n) is 5.19. The molecule has 1 aliphatic rings. The van der Waals surface area contributed by atoms with Gasteiger partial charge in [-0.2, -0.15) is 0 Å². The van der Waals surface area contributed by atoms with Gasteiger partial charge >= 0.3 is 0 Å². The average Bonchev–Trinajstić information content (AvgIpc) is 2.79. The van der Waals surface area contributed by atoms with Crippen LogP contribution >= 0.6 is 0 Å². The quantitative estimate of drug-likeness (QED) is 0.837. The largest absolute Gasteiger partial charge is 0.373 e. The number of fused-ring (bicyclic) bond motifs is 1. The van der Waals surface area contributed by atoms with Gasteiger partial charge in [-0.05, 0) is 11.1 Å². The summed E-state index contributed by atoms with van der Waals surface area (Å²) >= 11 is 0. The first-order valence-corrected chi connectivity index (χ1v) is 6.78. The molecule has 0 spiro atoms. The van der Waals surface area contributed by atoms with Crippen LogP contribution in [-0.4, -0.2) is 22.4 Å². The molecule has 1 aliphatic carbocycles. The van der Waals surface area contributed by atoms with Gasteiger partial charge in [0.2, 0.25) is 11.4 Å². The maximum Gasteiger partial charge on any atom is 0.260 e. The molecule has 0 saturated carbocycles. The molecule has 2 N–H and O–H groups in total. The Morgan fingerprint density at radius 3 is 2.48 bits per heavy atom. The van der Waals surface area contributed by atoms with Crippen LogP contribution in [0.4, 0.5) is 0 Å². The Balaban J connectivity index is 1.75. The first kappa shape index (κ1) is 13.5. The predicted octanol–water partition coefficient (Wildman–Crippen LogP) is 1.47. The third-order valence-corrected chi connectivity index (χ3v) is 3.76. The highest BCUT2D eigenvalue weighted by Crippen LogP contribution is 2.30. The van der Waals surface area contributed by atoms with Crippen LogP contribution < -0.4 is 5.32 Å². The van der Waals surface area contributed by atoms with Gasteiger partial charge in [0.05, 0.1) is 0 Å². The van der Waals surface area contributed by atoms with Gasteiger partial charge in [0, 0.05) is 18.5 Å². The van der Waals surface area contributed by atoms with Gasteiger partial charge in [-0.25, -0.2) is 0 Å². The summed E-state index contributed by atoms with van der Waals surface area (Å²) in [6, 6.07) is 16.3. The number of amides is 1. The van der Waals surface area contributed by atoms with Crippen molar-refractivity contribution in [1.29, 1.82) is 0 Å². The van der Waals surface area contributed by atoms with Crippen LogP contribution in [-0.2, 0) is 17.8 Å². The van der Waals surface area contributed by atoms with Gasteiger partial charge < -0.3 is 10.4 Å². The molecule has 3 rings (SSSR count). The molecule has 0 bridgehead atoms. The molecule has 0 fully saturated rings. The molecule has 2 aromatic rings. The average molecular weight is 281 g/mol. The van der Waals surface area contributed by atoms with Gasteiger partial charge in [0.15, 0.2) is 0 Å². The molecule has 4 heteroatoms. The Morgan fingerprint density at radius 1 is 1.10 bits per heavy atom. The van der Waals surface area contributed by atoms with Crippen LogP contribution in [0.1, 0.15) is 21.5 Å². The van der Waals surface area contributed by atoms with Crippen LogP contribution in [0.25, 0.3) is 0 Å². The predicted molar refractivity (Wildman–Crippen MR) is 77.7 cm³/mol. The monoisotopic (exact) mass is 281 g/mol. The van der Waals surface area contributed by atoms with Crippen molar-refractivity contribution in [2.45, 2.75) is 18.6 Å². The smallest absolute Gasteiger partial charge is 0.260 e. The summed E-state index contributed by atoms with van der Waals surface area (Å²) in [6.45, 7) is 0.283. The third-order valence-electron chi connectivity index (χ3n) is 3.76. The zero-order valence-electron chi connectivity index (χ0n) is 11.4. The Morgan fingerprint density at radius 2 is 1.76 bits per heavy atom. The molecular formula is C17H15NO3. The molecule has 0 aliphatic heterocycles. The number of rotatable bonds is 3. The van der Waals surface area contributed by atoms with E-state index in [0.717, 1.165) is 5.56 Å². The van der Waals surface area contributed by atoms with E-state index in [1.165, 1.54) is 0 Å². The topological polar surface area (TPSA) is 66.4 Å². The third kappa shape index (κ3) is 2.34. The first-order valence-electron chi connectivity index (χ1n) is 6.78. The molecule has 0 saturated heterocycles. The molecule has 1 amide bonds. The summed E-state index contributed by atoms with van der Waals surface area (Å²) in [4.78, 5) is 24.5. The van der Waals surface area contributed by atoms with E-state index in [0.29, 0.717) is 11.1 Å². The summed E-state index contributed by atoms with van der Waals surface area (Å²) in [6.07, 6.45) is 0.0304. The zero-order chi connectivity index (χ0) is 14.9. The van der Waals surface area contributed by atoms with E-state index >= 15 is 0 Å². The lowest BCUT2D eigenvalue weighted by molar-refractivity contribution is -0.134. The van der Waals surface area contributed by atoms with Crippen LogP contribution in [0, 0.1) is 0 Å². The van der Waals surface area contributed by atoms with E-state index in [1.807, 2.05) is 30.3 Å². The number of nitrogens with one attached hydrogen (secondary N) is 1. The minimum absolute atomic E-state index is 0.0304. The standard InChI is InChI=1S/C17H15NO3/c19-15-14-9-5-4-8-13(14)10-17(15,21)16(20)18-11-12-6-2-1-3-7-12/h1-9,21H,10-11H2,(H,18,20)/t17-/m0/s1. The maximum atomic E-state index is 12.3. The minimum atomic E-state index is -1.99. The molecular weight excluding hydrogens is 266 g/mol. The van der Waals surface area contributed by atoms with E-state index < -0.39 is 17.3 Å². The maximum absolute atomic E-state index is 12.3. The van der Waals surface area contributed by atoms with Crippen molar-refractivity contribution >= 4 is 11.7 Å². The van der Waals surface area contributed by atoms with Crippen molar-refractivity contribution in [3.8, 4) is 0 Å². The molecule has 2 aromatic carbocycles. The summed E-state index contributed by atoms with van der Waals surface area (Å²) in [7, 11) is 0. The van der Waals surface area contributed by atoms with Crippen molar-refractivity contribution in [3.63, 3.8) is 0 Å². The number of aliphatic hydroxyl groups is 1. The number of Topliss-reactive ketones (excluding diaryl/α,β-unsaturated/α-hetero) is 1. The van der Waals surface area contributed by atoms with Crippen LogP contribution in [0.5, 0.6) is 0 Å². The molecule has 4 nitrogen and oxygen atoms in total. The van der Waals surface area contributed by atoms with Gasteiger partial charge in [0.1, 0.15) is 0 Å². The molecule has 0 aromatic heterocycles. The minimum Gasteiger partial charge on any atom is -0.373 e. The summed E-state index contributed by atoms with van der Waals surface area (Å²) in [5.74, 6) is -1.17. The Bertz CT molecular complexity index is 696. The SMILES string of the molecule is O=C(NCc1ccccc1)[C@]1(O)Cc2ccccc2C1=O. The van der Waals surface area contributed by atoms with Crippen molar-refractivity contribution in [1.82, 2.24) is 5.32 Å². The van der Waals surface area contributed by atoms with Crippen LogP contribution in [0.2, 0.25) is 0 Å². The van der Waals surface area contributed by atoms with Crippen molar-refractivity contribution < 1.29 is 14.7 Å². The van der Waals surface area contributed by atoms with Gasteiger partial charge in [-0.1, -0.05) is 54.6 Å². The van der Waals surface area contributed by atoms with Crippen molar-refractivity contribution in [2.75, 3.05) is 0 Å². The summed E-state index contributed by atoms with van der Waals surface area (Å²) in [5, 5.41) is 13.1. The lowest BCUT2D eigenvalue weighted by Crippen LogP contribution is -2.51. The van der Waals surface area contributed by atoms with Gasteiger partial charge in [0.25, 0.3) is 5.91 Å². The lowest BCUT2D eigenvalue weighted by atomic mass is 9.98. The van der Waals surface area contributed by atoms with Crippen LogP contribution in [0.15, 0.2) is 54.6 Å². The van der Waals surface area contributed by atoms with E-state index in [9.17, 15) is 14.7 Å². The molecule has 0 heterocycles. The molecule has 0 radical (unpaired) electrons. The summed E-state index contributed by atoms with van der Waals surface area (Å²) in [5.41, 5.74) is 0.0606. The highest BCUT2D eigenvalue weighted by Gasteiger charge is 2.49. The fraction of sp³-hybridized carbons (Fsp3) is 0.176. The highest BCUT2D eigenvalue weighted by atomic mass is 16.3. The Hall–Kier alpha value is -2.46. The number of ketones is 1. The van der Waals surface area contributed by atoms with Crippen molar-refractivity contribution in [2.24, 2.45) is 0 Å². The number of benzene rings is 2. The second kappa shape index (κ2) is 5.14. The molecule has 1 atom stereocenters. The highest BCUT2D eigenvalue weighted by molar-refractivity contribution is 6.19. The molecule has 21 heavy (non-hydrogen) atoms. The lowest BCUT2D eigenvalue weighted by Gasteiger charge is -2.19. The number of carbonyl (C=O) groups excluding carboxylic acids is 2. The van der Waals surface area contributed by atoms with E-state index in [1.54, 1.807) is 24.3 Å². The number of hydrogen-bond acceptors (Lipinski definition) is 3. The Labute approximate surface area is 122 Å².